The fraction of sp³-hybridized carbons (Fsp3) is 0.235. The molecular formula is C17H15F3O5S. The van der Waals surface area contributed by atoms with Gasteiger partial charge in [0.1, 0.15) is 5.75 Å². The summed E-state index contributed by atoms with van der Waals surface area (Å²) in [6.45, 7) is 0. The van der Waals surface area contributed by atoms with Gasteiger partial charge < -0.3 is 8.92 Å². The molecule has 0 aliphatic carbocycles. The SMILES string of the molecule is COC(=O)CCc1ccc(-c2cccc(OS(=O)(=O)C(F)(F)F)c2)cc1. The van der Waals surface area contributed by atoms with E-state index in [4.69, 9.17) is 0 Å². The Kier molecular flexibility index (Phi) is 5.91. The van der Waals surface area contributed by atoms with E-state index in [1.807, 2.05) is 0 Å². The molecule has 2 aromatic carbocycles. The van der Waals surface area contributed by atoms with Crippen LogP contribution < -0.4 is 4.18 Å². The van der Waals surface area contributed by atoms with Crippen molar-refractivity contribution < 1.29 is 35.3 Å². The lowest BCUT2D eigenvalue weighted by Gasteiger charge is -2.10. The first-order valence-corrected chi connectivity index (χ1v) is 8.80. The van der Waals surface area contributed by atoms with Gasteiger partial charge in [-0.1, -0.05) is 36.4 Å². The zero-order valence-electron chi connectivity index (χ0n) is 13.6. The van der Waals surface area contributed by atoms with Crippen LogP contribution in [0.1, 0.15) is 12.0 Å². The first-order valence-electron chi connectivity index (χ1n) is 7.39. The summed E-state index contributed by atoms with van der Waals surface area (Å²) in [6.07, 6.45) is 0.717. The highest BCUT2D eigenvalue weighted by Gasteiger charge is 2.48. The number of esters is 1. The minimum atomic E-state index is -5.72. The van der Waals surface area contributed by atoms with Crippen molar-refractivity contribution in [3.8, 4) is 16.9 Å². The zero-order valence-corrected chi connectivity index (χ0v) is 14.4. The molecule has 5 nitrogen and oxygen atoms in total. The number of hydrogen-bond donors (Lipinski definition) is 0. The second-order valence-electron chi connectivity index (χ2n) is 5.28. The third kappa shape index (κ3) is 4.98. The third-order valence-electron chi connectivity index (χ3n) is 3.46. The Bertz CT molecular complexity index is 874. The molecule has 0 bridgehead atoms. The van der Waals surface area contributed by atoms with E-state index in [-0.39, 0.29) is 12.4 Å². The molecule has 2 aromatic rings. The monoisotopic (exact) mass is 388 g/mol. The van der Waals surface area contributed by atoms with Crippen molar-refractivity contribution in [3.05, 3.63) is 54.1 Å². The van der Waals surface area contributed by atoms with Crippen LogP contribution in [0.15, 0.2) is 48.5 Å². The van der Waals surface area contributed by atoms with Gasteiger partial charge in [-0.25, -0.2) is 0 Å². The fourth-order valence-corrected chi connectivity index (χ4v) is 2.57. The van der Waals surface area contributed by atoms with Crippen LogP contribution in [-0.4, -0.2) is 27.0 Å². The van der Waals surface area contributed by atoms with E-state index in [1.165, 1.54) is 19.2 Å². The zero-order chi connectivity index (χ0) is 19.4. The summed E-state index contributed by atoms with van der Waals surface area (Å²) in [5.41, 5.74) is -3.48. The molecule has 0 radical (unpaired) electrons. The lowest BCUT2D eigenvalue weighted by molar-refractivity contribution is -0.140. The Morgan fingerprint density at radius 2 is 1.69 bits per heavy atom. The number of ether oxygens (including phenoxy) is 1. The number of aryl methyl sites for hydroxylation is 1. The molecule has 2 rings (SSSR count). The summed E-state index contributed by atoms with van der Waals surface area (Å²) >= 11 is 0. The first-order chi connectivity index (χ1) is 12.1. The maximum Gasteiger partial charge on any atom is 0.534 e. The summed E-state index contributed by atoms with van der Waals surface area (Å²) in [5, 5.41) is 0. The molecule has 140 valence electrons. The van der Waals surface area contributed by atoms with Crippen LogP contribution in [0.4, 0.5) is 13.2 Å². The number of hydrogen-bond acceptors (Lipinski definition) is 5. The molecule has 0 fully saturated rings. The molecule has 0 saturated carbocycles. The molecular weight excluding hydrogens is 373 g/mol. The minimum Gasteiger partial charge on any atom is -0.469 e. The lowest BCUT2D eigenvalue weighted by atomic mass is 10.0. The second-order valence-corrected chi connectivity index (χ2v) is 6.82. The van der Waals surface area contributed by atoms with Gasteiger partial charge in [-0.05, 0) is 35.2 Å². The average molecular weight is 388 g/mol. The summed E-state index contributed by atoms with van der Waals surface area (Å²) in [5.74, 6) is -0.764. The predicted octanol–water partition coefficient (Wildman–Crippen LogP) is 3.69. The molecule has 0 atom stereocenters. The van der Waals surface area contributed by atoms with Crippen molar-refractivity contribution in [2.24, 2.45) is 0 Å². The smallest absolute Gasteiger partial charge is 0.469 e. The highest BCUT2D eigenvalue weighted by Crippen LogP contribution is 2.29. The number of halogens is 3. The Labute approximate surface area is 148 Å². The molecule has 0 N–H and O–H groups in total. The maximum absolute atomic E-state index is 12.4. The number of benzene rings is 2. The van der Waals surface area contributed by atoms with E-state index in [0.717, 1.165) is 11.6 Å². The largest absolute Gasteiger partial charge is 0.534 e. The molecule has 0 aliphatic heterocycles. The van der Waals surface area contributed by atoms with E-state index in [2.05, 4.69) is 8.92 Å². The highest BCUT2D eigenvalue weighted by molar-refractivity contribution is 7.88. The van der Waals surface area contributed by atoms with E-state index in [1.54, 1.807) is 30.3 Å². The van der Waals surface area contributed by atoms with Crippen LogP contribution in [0, 0.1) is 0 Å². The van der Waals surface area contributed by atoms with Crippen molar-refractivity contribution in [1.82, 2.24) is 0 Å². The van der Waals surface area contributed by atoms with Gasteiger partial charge in [0, 0.05) is 6.42 Å². The fourth-order valence-electron chi connectivity index (χ4n) is 2.11. The molecule has 0 aromatic heterocycles. The van der Waals surface area contributed by atoms with Crippen molar-refractivity contribution >= 4 is 16.1 Å². The number of carbonyl (C=O) groups excluding carboxylic acids is 1. The molecule has 0 saturated heterocycles. The molecule has 0 spiro atoms. The quantitative estimate of drug-likeness (QED) is 0.429. The number of carbonyl (C=O) groups is 1. The van der Waals surface area contributed by atoms with Crippen LogP contribution in [0.2, 0.25) is 0 Å². The van der Waals surface area contributed by atoms with Gasteiger partial charge >= 0.3 is 21.6 Å². The van der Waals surface area contributed by atoms with Crippen LogP contribution in [0.25, 0.3) is 11.1 Å². The summed E-state index contributed by atoms with van der Waals surface area (Å²) in [7, 11) is -4.41. The van der Waals surface area contributed by atoms with E-state index >= 15 is 0 Å². The summed E-state index contributed by atoms with van der Waals surface area (Å²) in [4.78, 5) is 11.1. The number of methoxy groups -OCH3 is 1. The molecule has 0 heterocycles. The minimum absolute atomic E-state index is 0.231. The Morgan fingerprint density at radius 1 is 1.04 bits per heavy atom. The van der Waals surface area contributed by atoms with Gasteiger partial charge in [-0.3, -0.25) is 4.79 Å². The van der Waals surface area contributed by atoms with Crippen molar-refractivity contribution in [1.29, 1.82) is 0 Å². The number of alkyl halides is 3. The maximum atomic E-state index is 12.4. The van der Waals surface area contributed by atoms with Crippen molar-refractivity contribution in [3.63, 3.8) is 0 Å². The molecule has 0 aliphatic rings. The van der Waals surface area contributed by atoms with Crippen LogP contribution in [0.3, 0.4) is 0 Å². The lowest BCUT2D eigenvalue weighted by Crippen LogP contribution is -2.28. The van der Waals surface area contributed by atoms with Gasteiger partial charge in [0.05, 0.1) is 7.11 Å². The molecule has 9 heteroatoms. The van der Waals surface area contributed by atoms with Gasteiger partial charge in [-0.2, -0.15) is 21.6 Å². The Balaban J connectivity index is 2.16. The van der Waals surface area contributed by atoms with Crippen molar-refractivity contribution in [2.75, 3.05) is 7.11 Å². The number of rotatable bonds is 6. The standard InChI is InChI=1S/C17H15F3O5S/c1-24-16(21)10-7-12-5-8-13(9-6-12)14-3-2-4-15(11-14)25-26(22,23)17(18,19)20/h2-6,8-9,11H,7,10H2,1H3. The first kappa shape index (κ1) is 19.8. The molecule has 0 amide bonds. The normalized spacial score (nSPS) is 11.8. The molecule has 0 unspecified atom stereocenters. The van der Waals surface area contributed by atoms with Gasteiger partial charge in [0.2, 0.25) is 0 Å². The van der Waals surface area contributed by atoms with E-state index in [9.17, 15) is 26.4 Å². The highest BCUT2D eigenvalue weighted by atomic mass is 32.2. The second kappa shape index (κ2) is 7.77. The van der Waals surface area contributed by atoms with Gasteiger partial charge in [0.25, 0.3) is 0 Å². The topological polar surface area (TPSA) is 69.7 Å². The van der Waals surface area contributed by atoms with Crippen molar-refractivity contribution in [2.45, 2.75) is 18.3 Å². The van der Waals surface area contributed by atoms with Gasteiger partial charge in [-0.15, -0.1) is 0 Å². The van der Waals surface area contributed by atoms with Crippen LogP contribution >= 0.6 is 0 Å². The van der Waals surface area contributed by atoms with Crippen LogP contribution in [-0.2, 0) is 26.1 Å². The van der Waals surface area contributed by atoms with E-state index < -0.39 is 21.4 Å². The average Bonchev–Trinajstić information content (AvgIpc) is 2.59. The van der Waals surface area contributed by atoms with Gasteiger partial charge in [0.15, 0.2) is 0 Å². The Morgan fingerprint density at radius 3 is 2.27 bits per heavy atom. The predicted molar refractivity (Wildman–Crippen MR) is 87.8 cm³/mol. The van der Waals surface area contributed by atoms with Crippen LogP contribution in [0.5, 0.6) is 5.75 Å². The van der Waals surface area contributed by atoms with E-state index in [0.29, 0.717) is 17.5 Å². The third-order valence-corrected chi connectivity index (χ3v) is 4.43. The Hall–Kier alpha value is -2.55. The summed E-state index contributed by atoms with van der Waals surface area (Å²) < 4.78 is 68.0. The molecule has 26 heavy (non-hydrogen) atoms. The summed E-state index contributed by atoms with van der Waals surface area (Å²) in [6, 6.07) is 12.3.